The van der Waals surface area contributed by atoms with Crippen LogP contribution in [0.2, 0.25) is 0 Å². The van der Waals surface area contributed by atoms with Crippen LogP contribution in [0.25, 0.3) is 87.6 Å². The lowest BCUT2D eigenvalue weighted by atomic mass is 9.85. The first kappa shape index (κ1) is 17.3. The highest BCUT2D eigenvalue weighted by Gasteiger charge is 2.18. The molecule has 0 aliphatic rings. The van der Waals surface area contributed by atoms with Gasteiger partial charge in [-0.2, -0.15) is 0 Å². The average Bonchev–Trinajstić information content (AvgIpc) is 3.55. The molecular weight excluding hydrogens is 520 g/mol. The molecule has 0 aliphatic carbocycles. The molecule has 0 radical (unpaired) electrons. The lowest BCUT2D eigenvalue weighted by Crippen LogP contribution is -1.91. The van der Waals surface area contributed by atoms with E-state index < -0.39 is 24.2 Å². The molecule has 0 fully saturated rings. The maximum Gasteiger partial charge on any atom is 0.136 e. The molecule has 200 valence electrons. The average molecular weight is 555 g/mol. The number of hydrogen-bond donors (Lipinski definition) is 0. The summed E-state index contributed by atoms with van der Waals surface area (Å²) in [5.41, 5.74) is 4.82. The Morgan fingerprint density at radius 2 is 0.977 bits per heavy atom. The van der Waals surface area contributed by atoms with Crippen LogP contribution in [0.15, 0.2) is 162 Å². The van der Waals surface area contributed by atoms with Crippen molar-refractivity contribution in [3.63, 3.8) is 0 Å². The SMILES string of the molecule is [2H]c1c([2H])c([2H])c2c(-c3ccc4oc5ccc6ccccc6c5c4c3)c3c([2H])c([2H])c([2H])c([2H])c3c(-c3cccc(-c4ccccc4)c3)c2c1[2H]. The van der Waals surface area contributed by atoms with E-state index in [1.54, 1.807) is 6.07 Å². The highest BCUT2D eigenvalue weighted by atomic mass is 16.3. The highest BCUT2D eigenvalue weighted by molar-refractivity contribution is 6.23. The Morgan fingerprint density at radius 3 is 1.70 bits per heavy atom. The first-order chi connectivity index (χ1) is 24.7. The number of fused-ring (bicyclic) bond motifs is 7. The maximum absolute atomic E-state index is 9.32. The largest absolute Gasteiger partial charge is 0.456 e. The van der Waals surface area contributed by atoms with E-state index in [0.717, 1.165) is 32.7 Å². The summed E-state index contributed by atoms with van der Waals surface area (Å²) in [5.74, 6) is 0. The zero-order valence-corrected chi connectivity index (χ0v) is 22.8. The molecule has 0 N–H and O–H groups in total. The quantitative estimate of drug-likeness (QED) is 0.198. The van der Waals surface area contributed by atoms with Gasteiger partial charge in [0, 0.05) is 10.8 Å². The first-order valence-corrected chi connectivity index (χ1v) is 14.1. The van der Waals surface area contributed by atoms with E-state index in [9.17, 15) is 5.48 Å². The zero-order valence-electron chi connectivity index (χ0n) is 30.8. The molecule has 1 heterocycles. The minimum absolute atomic E-state index is 0.177. The van der Waals surface area contributed by atoms with Crippen molar-refractivity contribution in [1.29, 1.82) is 0 Å². The molecule has 0 atom stereocenters. The Bertz CT molecular complexity index is 2870. The van der Waals surface area contributed by atoms with Crippen molar-refractivity contribution in [1.82, 2.24) is 0 Å². The molecule has 8 aromatic carbocycles. The molecule has 0 spiro atoms. The lowest BCUT2D eigenvalue weighted by molar-refractivity contribution is 0.669. The standard InChI is InChI=1S/C42H26O/c1-2-11-27(12-3-1)29-14-10-15-30(25-29)40-33-17-6-8-19-35(33)41(36-20-9-7-18-34(36)40)31-22-23-38-37(26-31)42-32-16-5-4-13-28(32)21-24-39(42)43-38/h1-26H/i6D,7D,8D,9D,17D,18D,19D,20D. The predicted molar refractivity (Wildman–Crippen MR) is 183 cm³/mol. The molecular formula is C42H26O. The second-order valence-electron chi connectivity index (χ2n) is 10.7. The normalized spacial score (nSPS) is 14.3. The summed E-state index contributed by atoms with van der Waals surface area (Å²) in [4.78, 5) is 0. The second kappa shape index (κ2) is 9.44. The smallest absolute Gasteiger partial charge is 0.136 e. The molecule has 43 heavy (non-hydrogen) atoms. The van der Waals surface area contributed by atoms with E-state index >= 15 is 0 Å². The fraction of sp³-hybridized carbons (Fsp3) is 0. The van der Waals surface area contributed by atoms with Gasteiger partial charge in [-0.3, -0.25) is 0 Å². The van der Waals surface area contributed by atoms with Gasteiger partial charge < -0.3 is 4.42 Å². The minimum atomic E-state index is -0.432. The molecule has 9 rings (SSSR count). The monoisotopic (exact) mass is 554 g/mol. The third-order valence-corrected chi connectivity index (χ3v) is 8.28. The highest BCUT2D eigenvalue weighted by Crippen LogP contribution is 2.45. The van der Waals surface area contributed by atoms with Gasteiger partial charge in [-0.15, -0.1) is 0 Å². The van der Waals surface area contributed by atoms with Crippen LogP contribution >= 0.6 is 0 Å². The van der Waals surface area contributed by atoms with Crippen LogP contribution < -0.4 is 0 Å². The summed E-state index contributed by atoms with van der Waals surface area (Å²) in [5, 5.41) is 4.39. The Morgan fingerprint density at radius 1 is 0.395 bits per heavy atom. The second-order valence-corrected chi connectivity index (χ2v) is 10.7. The molecule has 1 aromatic heterocycles. The van der Waals surface area contributed by atoms with Crippen LogP contribution in [0.4, 0.5) is 0 Å². The van der Waals surface area contributed by atoms with E-state index in [0.29, 0.717) is 33.4 Å². The summed E-state index contributed by atoms with van der Waals surface area (Å²) in [6.45, 7) is 0. The topological polar surface area (TPSA) is 13.1 Å². The number of furan rings is 1. The molecule has 1 heteroatoms. The van der Waals surface area contributed by atoms with Crippen molar-refractivity contribution in [3.8, 4) is 33.4 Å². The van der Waals surface area contributed by atoms with Crippen LogP contribution in [-0.4, -0.2) is 0 Å². The molecule has 0 amide bonds. The lowest BCUT2D eigenvalue weighted by Gasteiger charge is -2.18. The van der Waals surface area contributed by atoms with E-state index in [1.165, 1.54) is 0 Å². The van der Waals surface area contributed by atoms with Gasteiger partial charge in [0.1, 0.15) is 11.2 Å². The predicted octanol–water partition coefficient (Wildman–Crippen LogP) is 12.0. The molecule has 0 saturated heterocycles. The van der Waals surface area contributed by atoms with Crippen molar-refractivity contribution >= 4 is 54.3 Å². The molecule has 0 saturated carbocycles. The Hall–Kier alpha value is -5.66. The molecule has 1 nitrogen and oxygen atoms in total. The van der Waals surface area contributed by atoms with Gasteiger partial charge in [-0.1, -0.05) is 133 Å². The third kappa shape index (κ3) is 3.72. The Labute approximate surface area is 260 Å². The maximum atomic E-state index is 9.32. The molecule has 0 bridgehead atoms. The van der Waals surface area contributed by atoms with Crippen LogP contribution in [0.5, 0.6) is 0 Å². The summed E-state index contributed by atoms with van der Waals surface area (Å²) >= 11 is 0. The van der Waals surface area contributed by atoms with Crippen molar-refractivity contribution in [2.75, 3.05) is 0 Å². The summed E-state index contributed by atoms with van der Waals surface area (Å²) in [6.07, 6.45) is 0. The van der Waals surface area contributed by atoms with Gasteiger partial charge in [0.25, 0.3) is 0 Å². The van der Waals surface area contributed by atoms with E-state index in [1.807, 2.05) is 103 Å². The molecule has 0 aliphatic heterocycles. The third-order valence-electron chi connectivity index (χ3n) is 8.28. The van der Waals surface area contributed by atoms with Crippen molar-refractivity contribution in [2.24, 2.45) is 0 Å². The van der Waals surface area contributed by atoms with Gasteiger partial charge >= 0.3 is 0 Å². The zero-order chi connectivity index (χ0) is 35.3. The summed E-state index contributed by atoms with van der Waals surface area (Å²) in [7, 11) is 0. The van der Waals surface area contributed by atoms with Crippen LogP contribution in [0.1, 0.15) is 11.0 Å². The summed E-state index contributed by atoms with van der Waals surface area (Å²) in [6, 6.07) is 31.7. The van der Waals surface area contributed by atoms with E-state index in [4.69, 9.17) is 9.90 Å². The minimum Gasteiger partial charge on any atom is -0.456 e. The van der Waals surface area contributed by atoms with Crippen LogP contribution in [-0.2, 0) is 0 Å². The Kier molecular flexibility index (Phi) is 3.80. The van der Waals surface area contributed by atoms with Crippen molar-refractivity contribution < 1.29 is 15.4 Å². The molecule has 0 unspecified atom stereocenters. The molecule has 9 aromatic rings. The summed E-state index contributed by atoms with van der Waals surface area (Å²) < 4.78 is 78.5. The van der Waals surface area contributed by atoms with Crippen LogP contribution in [0.3, 0.4) is 0 Å². The van der Waals surface area contributed by atoms with Gasteiger partial charge in [0.2, 0.25) is 0 Å². The Balaban J connectivity index is 1.50. The van der Waals surface area contributed by atoms with E-state index in [-0.39, 0.29) is 45.7 Å². The fourth-order valence-corrected chi connectivity index (χ4v) is 6.39. The van der Waals surface area contributed by atoms with Crippen molar-refractivity contribution in [3.05, 3.63) is 158 Å². The van der Waals surface area contributed by atoms with Gasteiger partial charge in [-0.25, -0.2) is 0 Å². The van der Waals surface area contributed by atoms with Gasteiger partial charge in [0.15, 0.2) is 0 Å². The first-order valence-electron chi connectivity index (χ1n) is 18.1. The van der Waals surface area contributed by atoms with Crippen LogP contribution in [0, 0.1) is 0 Å². The number of hydrogen-bond acceptors (Lipinski definition) is 1. The van der Waals surface area contributed by atoms with E-state index in [2.05, 4.69) is 0 Å². The number of rotatable bonds is 3. The van der Waals surface area contributed by atoms with Gasteiger partial charge in [-0.05, 0) is 90.0 Å². The fourth-order valence-electron chi connectivity index (χ4n) is 6.39. The number of benzene rings is 8. The van der Waals surface area contributed by atoms with Crippen molar-refractivity contribution in [2.45, 2.75) is 0 Å². The van der Waals surface area contributed by atoms with Gasteiger partial charge in [0.05, 0.1) is 11.0 Å².